The average molecular weight is 361 g/mol. The highest BCUT2D eigenvalue weighted by Crippen LogP contribution is 2.35. The van der Waals surface area contributed by atoms with Crippen molar-refractivity contribution in [2.24, 2.45) is 5.41 Å². The predicted octanol–water partition coefficient (Wildman–Crippen LogP) is 3.28. The Morgan fingerprint density at radius 3 is 2.55 bits per heavy atom. The average Bonchev–Trinajstić information content (AvgIpc) is 2.37. The minimum atomic E-state index is -3.50. The first-order valence-corrected chi connectivity index (χ1v) is 9.15. The summed E-state index contributed by atoms with van der Waals surface area (Å²) in [6.07, 6.45) is 5.79. The number of nitrogens with two attached hydrogens (primary N) is 1. The summed E-state index contributed by atoms with van der Waals surface area (Å²) in [4.78, 5) is 0.242. The van der Waals surface area contributed by atoms with Crippen LogP contribution in [0.3, 0.4) is 0 Å². The summed E-state index contributed by atoms with van der Waals surface area (Å²) in [6.45, 7) is 2.65. The first kappa shape index (κ1) is 15.8. The largest absolute Gasteiger partial charge is 0.399 e. The van der Waals surface area contributed by atoms with Crippen molar-refractivity contribution in [3.05, 3.63) is 22.7 Å². The Morgan fingerprint density at radius 1 is 1.30 bits per heavy atom. The number of nitrogens with one attached hydrogen (secondary N) is 1. The quantitative estimate of drug-likeness (QED) is 0.809. The summed E-state index contributed by atoms with van der Waals surface area (Å²) in [7, 11) is -3.50. The van der Waals surface area contributed by atoms with Crippen LogP contribution in [0, 0.1) is 5.41 Å². The van der Waals surface area contributed by atoms with E-state index in [1.54, 1.807) is 12.1 Å². The van der Waals surface area contributed by atoms with Gasteiger partial charge in [0.2, 0.25) is 10.0 Å². The van der Waals surface area contributed by atoms with Gasteiger partial charge in [0.15, 0.2) is 0 Å². The van der Waals surface area contributed by atoms with Crippen LogP contribution < -0.4 is 10.5 Å². The van der Waals surface area contributed by atoms with Gasteiger partial charge in [-0.1, -0.05) is 26.2 Å². The van der Waals surface area contributed by atoms with Crippen LogP contribution in [0.15, 0.2) is 27.6 Å². The van der Waals surface area contributed by atoms with Gasteiger partial charge >= 0.3 is 0 Å². The molecule has 1 saturated carbocycles. The van der Waals surface area contributed by atoms with Crippen molar-refractivity contribution in [2.75, 3.05) is 12.3 Å². The molecular weight excluding hydrogens is 340 g/mol. The van der Waals surface area contributed by atoms with E-state index in [4.69, 9.17) is 5.73 Å². The van der Waals surface area contributed by atoms with Crippen LogP contribution in [0.5, 0.6) is 0 Å². The lowest BCUT2D eigenvalue weighted by molar-refractivity contribution is 0.219. The molecule has 1 aromatic carbocycles. The number of nitrogen functional groups attached to an aromatic ring is 1. The third-order valence-corrected chi connectivity index (χ3v) is 6.37. The Labute approximate surface area is 129 Å². The third kappa shape index (κ3) is 3.74. The fraction of sp³-hybridized carbons (Fsp3) is 0.571. The Balaban J connectivity index is 2.11. The van der Waals surface area contributed by atoms with E-state index in [9.17, 15) is 8.42 Å². The second-order valence-corrected chi connectivity index (χ2v) is 8.48. The highest BCUT2D eigenvalue weighted by Gasteiger charge is 2.29. The summed E-state index contributed by atoms with van der Waals surface area (Å²) in [5, 5.41) is 0. The fourth-order valence-electron chi connectivity index (χ4n) is 2.66. The van der Waals surface area contributed by atoms with E-state index >= 15 is 0 Å². The molecule has 0 aromatic heterocycles. The van der Waals surface area contributed by atoms with E-state index in [1.165, 1.54) is 25.3 Å². The molecule has 0 atom stereocenters. The van der Waals surface area contributed by atoms with Gasteiger partial charge in [0, 0.05) is 16.7 Å². The van der Waals surface area contributed by atoms with Crippen molar-refractivity contribution in [3.63, 3.8) is 0 Å². The fourth-order valence-corrected chi connectivity index (χ4v) is 4.96. The monoisotopic (exact) mass is 360 g/mol. The van der Waals surface area contributed by atoms with Gasteiger partial charge in [-0.25, -0.2) is 13.1 Å². The number of hydrogen-bond donors (Lipinski definition) is 2. The van der Waals surface area contributed by atoms with E-state index in [2.05, 4.69) is 27.6 Å². The molecule has 0 amide bonds. The smallest absolute Gasteiger partial charge is 0.241 e. The lowest BCUT2D eigenvalue weighted by Gasteiger charge is -2.33. The van der Waals surface area contributed by atoms with Gasteiger partial charge in [-0.2, -0.15) is 0 Å². The number of rotatable bonds is 4. The molecule has 6 heteroatoms. The van der Waals surface area contributed by atoms with Gasteiger partial charge in [-0.15, -0.1) is 0 Å². The first-order valence-electron chi connectivity index (χ1n) is 6.87. The molecule has 20 heavy (non-hydrogen) atoms. The molecule has 1 aliphatic rings. The standard InChI is InChI=1S/C14H21BrN2O2S/c1-14(7-3-2-4-8-14)10-17-20(18,19)13-6-5-11(16)9-12(13)15/h5-6,9,17H,2-4,7-8,10,16H2,1H3. The van der Waals surface area contributed by atoms with E-state index in [-0.39, 0.29) is 10.3 Å². The molecule has 4 nitrogen and oxygen atoms in total. The van der Waals surface area contributed by atoms with Crippen molar-refractivity contribution in [1.82, 2.24) is 4.72 Å². The van der Waals surface area contributed by atoms with Gasteiger partial charge in [-0.05, 0) is 52.4 Å². The molecule has 0 unspecified atom stereocenters. The van der Waals surface area contributed by atoms with Crippen molar-refractivity contribution < 1.29 is 8.42 Å². The molecule has 0 aliphatic heterocycles. The molecule has 1 aliphatic carbocycles. The van der Waals surface area contributed by atoms with Gasteiger partial charge in [0.05, 0.1) is 4.90 Å². The summed E-state index contributed by atoms with van der Waals surface area (Å²) in [5.74, 6) is 0. The van der Waals surface area contributed by atoms with Crippen LogP contribution in [0.25, 0.3) is 0 Å². The van der Waals surface area contributed by atoms with Gasteiger partial charge in [0.25, 0.3) is 0 Å². The predicted molar refractivity (Wildman–Crippen MR) is 84.9 cm³/mol. The maximum Gasteiger partial charge on any atom is 0.241 e. The minimum Gasteiger partial charge on any atom is -0.399 e. The zero-order valence-electron chi connectivity index (χ0n) is 11.7. The molecule has 112 valence electrons. The Bertz CT molecular complexity index is 581. The number of halogens is 1. The van der Waals surface area contributed by atoms with Crippen molar-refractivity contribution in [2.45, 2.75) is 43.9 Å². The molecule has 0 spiro atoms. The van der Waals surface area contributed by atoms with Crippen LogP contribution in [0.2, 0.25) is 0 Å². The van der Waals surface area contributed by atoms with Crippen molar-refractivity contribution >= 4 is 31.6 Å². The van der Waals surface area contributed by atoms with Crippen molar-refractivity contribution in [3.8, 4) is 0 Å². The zero-order valence-corrected chi connectivity index (χ0v) is 14.1. The summed E-state index contributed by atoms with van der Waals surface area (Å²) in [6, 6.07) is 4.74. The highest BCUT2D eigenvalue weighted by molar-refractivity contribution is 9.10. The molecule has 3 N–H and O–H groups in total. The Hall–Kier alpha value is -0.590. The molecule has 0 saturated heterocycles. The maximum absolute atomic E-state index is 12.4. The van der Waals surface area contributed by atoms with Gasteiger partial charge in [0.1, 0.15) is 0 Å². The number of benzene rings is 1. The van der Waals surface area contributed by atoms with E-state index in [0.29, 0.717) is 16.7 Å². The number of anilines is 1. The Morgan fingerprint density at radius 2 is 1.95 bits per heavy atom. The van der Waals surface area contributed by atoms with Gasteiger partial charge in [-0.3, -0.25) is 0 Å². The van der Waals surface area contributed by atoms with Crippen LogP contribution in [0.4, 0.5) is 5.69 Å². The van der Waals surface area contributed by atoms with Crippen molar-refractivity contribution in [1.29, 1.82) is 0 Å². The molecule has 0 radical (unpaired) electrons. The number of hydrogen-bond acceptors (Lipinski definition) is 3. The summed E-state index contributed by atoms with van der Waals surface area (Å²) >= 11 is 3.26. The molecule has 1 aromatic rings. The topological polar surface area (TPSA) is 72.2 Å². The third-order valence-electron chi connectivity index (χ3n) is 4.00. The van der Waals surface area contributed by atoms with E-state index in [1.807, 2.05) is 0 Å². The zero-order chi connectivity index (χ0) is 14.8. The second kappa shape index (κ2) is 6.03. The number of sulfonamides is 1. The molecule has 0 heterocycles. The normalized spacial score (nSPS) is 18.9. The lowest BCUT2D eigenvalue weighted by atomic mass is 9.76. The van der Waals surface area contributed by atoms with E-state index in [0.717, 1.165) is 12.8 Å². The SMILES string of the molecule is CC1(CNS(=O)(=O)c2ccc(N)cc2Br)CCCCC1. The molecule has 2 rings (SSSR count). The maximum atomic E-state index is 12.4. The molecule has 1 fully saturated rings. The molecular formula is C14H21BrN2O2S. The lowest BCUT2D eigenvalue weighted by Crippen LogP contribution is -2.37. The van der Waals surface area contributed by atoms with Gasteiger partial charge < -0.3 is 5.73 Å². The van der Waals surface area contributed by atoms with Crippen LogP contribution in [-0.4, -0.2) is 15.0 Å². The Kier molecular flexibility index (Phi) is 4.76. The summed E-state index contributed by atoms with van der Waals surface area (Å²) in [5.41, 5.74) is 6.25. The highest BCUT2D eigenvalue weighted by atomic mass is 79.9. The molecule has 0 bridgehead atoms. The van der Waals surface area contributed by atoms with Crippen LogP contribution >= 0.6 is 15.9 Å². The first-order chi connectivity index (χ1) is 9.32. The van der Waals surface area contributed by atoms with E-state index < -0.39 is 10.0 Å². The van der Waals surface area contributed by atoms with Crippen LogP contribution in [-0.2, 0) is 10.0 Å². The van der Waals surface area contributed by atoms with Crippen LogP contribution in [0.1, 0.15) is 39.0 Å². The summed E-state index contributed by atoms with van der Waals surface area (Å²) < 4.78 is 28.0. The second-order valence-electron chi connectivity index (χ2n) is 5.89. The minimum absolute atomic E-state index is 0.0750.